The van der Waals surface area contributed by atoms with Crippen molar-refractivity contribution in [2.24, 2.45) is 0 Å². The molecular weight excluding hydrogens is 326 g/mol. The number of hydrogen-bond acceptors (Lipinski definition) is 5. The quantitative estimate of drug-likeness (QED) is 0.823. The molecule has 3 rings (SSSR count). The topological polar surface area (TPSA) is 56.3 Å². The van der Waals surface area contributed by atoms with Crippen molar-refractivity contribution in [3.8, 4) is 5.75 Å². The molecule has 0 amide bonds. The van der Waals surface area contributed by atoms with Crippen molar-refractivity contribution in [2.75, 3.05) is 19.0 Å². The van der Waals surface area contributed by atoms with Crippen LogP contribution >= 0.6 is 11.6 Å². The second-order valence-corrected chi connectivity index (χ2v) is 6.37. The predicted molar refractivity (Wildman–Crippen MR) is 94.7 cm³/mol. The Hall–Kier alpha value is -1.85. The molecule has 24 heavy (non-hydrogen) atoms. The first-order chi connectivity index (χ1) is 11.7. The highest BCUT2D eigenvalue weighted by Gasteiger charge is 2.24. The van der Waals surface area contributed by atoms with E-state index >= 15 is 0 Å². The fourth-order valence-electron chi connectivity index (χ4n) is 2.95. The molecule has 128 valence electrons. The second-order valence-electron chi connectivity index (χ2n) is 6.02. The summed E-state index contributed by atoms with van der Waals surface area (Å²) in [6.07, 6.45) is 4.93. The zero-order valence-corrected chi connectivity index (χ0v) is 14.7. The van der Waals surface area contributed by atoms with Gasteiger partial charge in [-0.1, -0.05) is 41.4 Å². The first-order valence-electron chi connectivity index (χ1n) is 8.17. The summed E-state index contributed by atoms with van der Waals surface area (Å²) in [4.78, 5) is 8.12. The standard InChI is InChI=1S/C18H22ClN3O2/c1-12-6-8-13(9-7-12)15-5-3-4-14(24-15)10-20-18-16(23-2)17(19)21-11-22-18/h6-9,11,14-15H,3-5,10H2,1-2H3,(H,20,21,22). The number of ether oxygens (including phenoxy) is 2. The van der Waals surface area contributed by atoms with Gasteiger partial charge in [0.25, 0.3) is 0 Å². The number of aryl methyl sites for hydroxylation is 1. The molecule has 0 spiro atoms. The number of halogens is 1. The Bertz CT molecular complexity index is 678. The number of benzene rings is 1. The Labute approximate surface area is 147 Å². The van der Waals surface area contributed by atoms with Gasteiger partial charge in [-0.2, -0.15) is 0 Å². The van der Waals surface area contributed by atoms with Crippen LogP contribution in [-0.2, 0) is 4.74 Å². The highest BCUT2D eigenvalue weighted by Crippen LogP contribution is 2.32. The smallest absolute Gasteiger partial charge is 0.198 e. The summed E-state index contributed by atoms with van der Waals surface area (Å²) >= 11 is 6.02. The van der Waals surface area contributed by atoms with Crippen molar-refractivity contribution >= 4 is 17.4 Å². The largest absolute Gasteiger partial charge is 0.490 e. The number of hydrogen-bond donors (Lipinski definition) is 1. The van der Waals surface area contributed by atoms with E-state index in [0.717, 1.165) is 19.3 Å². The second kappa shape index (κ2) is 7.81. The van der Waals surface area contributed by atoms with Gasteiger partial charge in [0.15, 0.2) is 16.7 Å². The first-order valence-corrected chi connectivity index (χ1v) is 8.55. The van der Waals surface area contributed by atoms with Gasteiger partial charge in [-0.3, -0.25) is 0 Å². The molecule has 2 atom stereocenters. The Balaban J connectivity index is 1.62. The Kier molecular flexibility index (Phi) is 5.53. The molecule has 1 aliphatic rings. The lowest BCUT2D eigenvalue weighted by Crippen LogP contribution is -2.29. The lowest BCUT2D eigenvalue weighted by atomic mass is 9.97. The maximum Gasteiger partial charge on any atom is 0.198 e. The van der Waals surface area contributed by atoms with Crippen LogP contribution in [0.3, 0.4) is 0 Å². The van der Waals surface area contributed by atoms with Gasteiger partial charge in [0, 0.05) is 6.54 Å². The Morgan fingerprint density at radius 3 is 2.79 bits per heavy atom. The van der Waals surface area contributed by atoms with E-state index in [9.17, 15) is 0 Å². The van der Waals surface area contributed by atoms with Crippen LogP contribution < -0.4 is 10.1 Å². The lowest BCUT2D eigenvalue weighted by molar-refractivity contribution is -0.0442. The fourth-order valence-corrected chi connectivity index (χ4v) is 3.16. The fraction of sp³-hybridized carbons (Fsp3) is 0.444. The molecule has 0 saturated carbocycles. The minimum atomic E-state index is 0.128. The summed E-state index contributed by atoms with van der Waals surface area (Å²) in [5.74, 6) is 1.06. The van der Waals surface area contributed by atoms with Gasteiger partial charge in [0.05, 0.1) is 19.3 Å². The van der Waals surface area contributed by atoms with Gasteiger partial charge >= 0.3 is 0 Å². The van der Waals surface area contributed by atoms with Crippen LogP contribution in [0.15, 0.2) is 30.6 Å². The molecular formula is C18H22ClN3O2. The van der Waals surface area contributed by atoms with Gasteiger partial charge in [-0.25, -0.2) is 9.97 Å². The molecule has 0 aliphatic carbocycles. The number of anilines is 1. The summed E-state index contributed by atoms with van der Waals surface area (Å²) < 4.78 is 11.5. The van der Waals surface area contributed by atoms with Crippen molar-refractivity contribution in [3.63, 3.8) is 0 Å². The molecule has 2 unspecified atom stereocenters. The van der Waals surface area contributed by atoms with Crippen molar-refractivity contribution in [2.45, 2.75) is 38.4 Å². The summed E-state index contributed by atoms with van der Waals surface area (Å²) in [6.45, 7) is 2.75. The van der Waals surface area contributed by atoms with E-state index in [1.165, 1.54) is 17.5 Å². The number of nitrogens with one attached hydrogen (secondary N) is 1. The summed E-state index contributed by atoms with van der Waals surface area (Å²) in [7, 11) is 1.56. The van der Waals surface area contributed by atoms with Gasteiger partial charge in [-0.05, 0) is 31.7 Å². The molecule has 0 radical (unpaired) electrons. The van der Waals surface area contributed by atoms with Crippen LogP contribution in [0.1, 0.15) is 36.5 Å². The van der Waals surface area contributed by atoms with Crippen molar-refractivity contribution < 1.29 is 9.47 Å². The van der Waals surface area contributed by atoms with Crippen LogP contribution in [0.4, 0.5) is 5.82 Å². The van der Waals surface area contributed by atoms with Crippen LogP contribution in [-0.4, -0.2) is 29.7 Å². The third-order valence-electron chi connectivity index (χ3n) is 4.26. The van der Waals surface area contributed by atoms with E-state index in [4.69, 9.17) is 21.1 Å². The minimum absolute atomic E-state index is 0.128. The molecule has 1 aromatic heterocycles. The molecule has 6 heteroatoms. The zero-order valence-electron chi connectivity index (χ0n) is 14.0. The number of methoxy groups -OCH3 is 1. The molecule has 1 aromatic carbocycles. The number of rotatable bonds is 5. The maximum absolute atomic E-state index is 6.26. The summed E-state index contributed by atoms with van der Waals surface area (Å²) in [5.41, 5.74) is 2.51. The normalized spacial score (nSPS) is 20.6. The SMILES string of the molecule is COc1c(Cl)ncnc1NCC1CCCC(c2ccc(C)cc2)O1. The van der Waals surface area contributed by atoms with Crippen LogP contribution in [0.2, 0.25) is 5.15 Å². The minimum Gasteiger partial charge on any atom is -0.490 e. The van der Waals surface area contributed by atoms with Gasteiger partial charge in [-0.15, -0.1) is 0 Å². The Morgan fingerprint density at radius 2 is 2.04 bits per heavy atom. The molecule has 2 heterocycles. The highest BCUT2D eigenvalue weighted by molar-refractivity contribution is 6.31. The number of nitrogens with zero attached hydrogens (tertiary/aromatic N) is 2. The van der Waals surface area contributed by atoms with Gasteiger partial charge in [0.1, 0.15) is 6.33 Å². The van der Waals surface area contributed by atoms with Gasteiger partial charge in [0.2, 0.25) is 0 Å². The molecule has 1 fully saturated rings. The predicted octanol–water partition coefficient (Wildman–Crippen LogP) is 4.17. The monoisotopic (exact) mass is 347 g/mol. The number of aromatic nitrogens is 2. The molecule has 1 aliphatic heterocycles. The summed E-state index contributed by atoms with van der Waals surface area (Å²) in [5, 5.41) is 3.57. The Morgan fingerprint density at radius 1 is 1.25 bits per heavy atom. The first kappa shape index (κ1) is 17.0. The molecule has 5 nitrogen and oxygen atoms in total. The average molecular weight is 348 g/mol. The summed E-state index contributed by atoms with van der Waals surface area (Å²) in [6, 6.07) is 8.58. The van der Waals surface area contributed by atoms with Crippen LogP contribution in [0, 0.1) is 6.92 Å². The molecule has 2 aromatic rings. The van der Waals surface area contributed by atoms with E-state index in [1.807, 2.05) is 0 Å². The van der Waals surface area contributed by atoms with E-state index in [0.29, 0.717) is 23.3 Å². The van der Waals surface area contributed by atoms with Crippen molar-refractivity contribution in [1.82, 2.24) is 9.97 Å². The van der Waals surface area contributed by atoms with Crippen LogP contribution in [0.5, 0.6) is 5.75 Å². The van der Waals surface area contributed by atoms with E-state index < -0.39 is 0 Å². The van der Waals surface area contributed by atoms with Gasteiger partial charge < -0.3 is 14.8 Å². The van der Waals surface area contributed by atoms with Crippen LogP contribution in [0.25, 0.3) is 0 Å². The van der Waals surface area contributed by atoms with E-state index in [-0.39, 0.29) is 12.2 Å². The third kappa shape index (κ3) is 3.97. The molecule has 1 saturated heterocycles. The average Bonchev–Trinajstić information content (AvgIpc) is 2.61. The van der Waals surface area contributed by atoms with E-state index in [1.54, 1.807) is 7.11 Å². The highest BCUT2D eigenvalue weighted by atomic mass is 35.5. The maximum atomic E-state index is 6.26. The zero-order chi connectivity index (χ0) is 16.9. The van der Waals surface area contributed by atoms with E-state index in [2.05, 4.69) is 46.5 Å². The van der Waals surface area contributed by atoms with Crippen molar-refractivity contribution in [1.29, 1.82) is 0 Å². The lowest BCUT2D eigenvalue weighted by Gasteiger charge is -2.30. The third-order valence-corrected chi connectivity index (χ3v) is 4.53. The molecule has 1 N–H and O–H groups in total. The molecule has 0 bridgehead atoms. The van der Waals surface area contributed by atoms with Crippen molar-refractivity contribution in [3.05, 3.63) is 46.9 Å².